The van der Waals surface area contributed by atoms with Crippen LogP contribution in [0.15, 0.2) is 67.0 Å². The molecule has 1 N–H and O–H groups in total. The van der Waals surface area contributed by atoms with Gasteiger partial charge in [0, 0.05) is 24.4 Å². The number of rotatable bonds is 9. The van der Waals surface area contributed by atoms with Crippen molar-refractivity contribution >= 4 is 17.4 Å². The number of hydrogen-bond acceptors (Lipinski definition) is 6. The van der Waals surface area contributed by atoms with Crippen molar-refractivity contribution < 1.29 is 14.5 Å². The zero-order valence-electron chi connectivity index (χ0n) is 16.2. The van der Waals surface area contributed by atoms with Gasteiger partial charge in [-0.05, 0) is 30.0 Å². The third kappa shape index (κ3) is 6.03. The molecule has 0 aliphatic rings. The second kappa shape index (κ2) is 10.0. The normalized spacial score (nSPS) is 10.4. The van der Waals surface area contributed by atoms with Crippen LogP contribution in [0.2, 0.25) is 0 Å². The van der Waals surface area contributed by atoms with Crippen molar-refractivity contribution in [3.63, 3.8) is 0 Å². The van der Waals surface area contributed by atoms with Crippen molar-refractivity contribution in [1.29, 1.82) is 0 Å². The highest BCUT2D eigenvalue weighted by atomic mass is 16.6. The molecule has 8 heteroatoms. The Labute approximate surface area is 173 Å². The number of carbonyl (C=O) groups excluding carboxylic acids is 2. The fraction of sp³-hybridized carbons (Fsp3) is 0.182. The molecule has 0 aliphatic carbocycles. The standard InChI is InChI=1S/C22H20N4O4/c27-21(22(28)23-14-17-7-10-20(11-8-17)26(29)30)13-19-12-18(24-15-25-19)9-6-16-4-2-1-3-5-16/h1-5,7-8,10-12,15H,6,9,13-14H2,(H,23,28). The summed E-state index contributed by atoms with van der Waals surface area (Å²) in [4.78, 5) is 42.8. The fourth-order valence-corrected chi connectivity index (χ4v) is 2.86. The summed E-state index contributed by atoms with van der Waals surface area (Å²) in [7, 11) is 0. The van der Waals surface area contributed by atoms with Gasteiger partial charge in [-0.2, -0.15) is 0 Å². The summed E-state index contributed by atoms with van der Waals surface area (Å²) in [5.74, 6) is -1.33. The van der Waals surface area contributed by atoms with E-state index in [1.54, 1.807) is 6.07 Å². The topological polar surface area (TPSA) is 115 Å². The smallest absolute Gasteiger partial charge is 0.288 e. The molecule has 0 fully saturated rings. The number of nitro benzene ring substituents is 1. The summed E-state index contributed by atoms with van der Waals surface area (Å²) in [6.45, 7) is 0.106. The zero-order chi connectivity index (χ0) is 21.3. The van der Waals surface area contributed by atoms with Gasteiger partial charge in [-0.3, -0.25) is 19.7 Å². The SMILES string of the molecule is O=C(Cc1cc(CCc2ccccc2)ncn1)C(=O)NCc1ccc([N+](=O)[O-])cc1. The molecule has 0 aliphatic heterocycles. The molecule has 2 aromatic carbocycles. The average Bonchev–Trinajstić information content (AvgIpc) is 2.77. The van der Waals surface area contributed by atoms with E-state index >= 15 is 0 Å². The van der Waals surface area contributed by atoms with Crippen molar-refractivity contribution in [1.82, 2.24) is 15.3 Å². The van der Waals surface area contributed by atoms with Gasteiger partial charge in [0.1, 0.15) is 6.33 Å². The van der Waals surface area contributed by atoms with Crippen molar-refractivity contribution in [3.05, 3.63) is 99.6 Å². The van der Waals surface area contributed by atoms with Crippen LogP contribution in [0.4, 0.5) is 5.69 Å². The van der Waals surface area contributed by atoms with Crippen LogP contribution >= 0.6 is 0 Å². The zero-order valence-corrected chi connectivity index (χ0v) is 16.2. The number of Topliss-reactive ketones (excluding diaryl/α,β-unsaturated/α-hetero) is 1. The van der Waals surface area contributed by atoms with E-state index in [1.165, 1.54) is 36.2 Å². The van der Waals surface area contributed by atoms with Gasteiger partial charge in [0.15, 0.2) is 0 Å². The van der Waals surface area contributed by atoms with Crippen LogP contribution in [-0.4, -0.2) is 26.6 Å². The van der Waals surface area contributed by atoms with Crippen molar-refractivity contribution in [2.45, 2.75) is 25.8 Å². The van der Waals surface area contributed by atoms with Gasteiger partial charge in [-0.1, -0.05) is 42.5 Å². The van der Waals surface area contributed by atoms with Crippen molar-refractivity contribution in [2.24, 2.45) is 0 Å². The third-order valence-electron chi connectivity index (χ3n) is 4.49. The molecule has 0 bridgehead atoms. The van der Waals surface area contributed by atoms with Crippen LogP contribution in [-0.2, 0) is 35.4 Å². The maximum Gasteiger partial charge on any atom is 0.288 e. The number of benzene rings is 2. The summed E-state index contributed by atoms with van der Waals surface area (Å²) < 4.78 is 0. The Morgan fingerprint density at radius 2 is 1.60 bits per heavy atom. The molecule has 0 atom stereocenters. The number of nitrogens with zero attached hydrogens (tertiary/aromatic N) is 3. The Morgan fingerprint density at radius 3 is 2.30 bits per heavy atom. The molecular weight excluding hydrogens is 384 g/mol. The molecule has 1 heterocycles. The Bertz CT molecular complexity index is 1040. The molecular formula is C22H20N4O4. The quantitative estimate of drug-likeness (QED) is 0.333. The summed E-state index contributed by atoms with van der Waals surface area (Å²) in [5.41, 5.74) is 3.12. The van der Waals surface area contributed by atoms with Gasteiger partial charge < -0.3 is 5.32 Å². The lowest BCUT2D eigenvalue weighted by molar-refractivity contribution is -0.384. The lowest BCUT2D eigenvalue weighted by Gasteiger charge is -2.06. The van der Waals surface area contributed by atoms with E-state index < -0.39 is 16.6 Å². The van der Waals surface area contributed by atoms with E-state index in [0.717, 1.165) is 12.1 Å². The fourth-order valence-electron chi connectivity index (χ4n) is 2.86. The van der Waals surface area contributed by atoms with Crippen LogP contribution in [0.5, 0.6) is 0 Å². The Hall–Kier alpha value is -3.94. The minimum Gasteiger partial charge on any atom is -0.345 e. The van der Waals surface area contributed by atoms with Crippen LogP contribution in [0, 0.1) is 10.1 Å². The number of hydrogen-bond donors (Lipinski definition) is 1. The second-order valence-electron chi connectivity index (χ2n) is 6.69. The predicted molar refractivity (Wildman–Crippen MR) is 110 cm³/mol. The molecule has 0 unspecified atom stereocenters. The largest absolute Gasteiger partial charge is 0.345 e. The second-order valence-corrected chi connectivity index (χ2v) is 6.69. The van der Waals surface area contributed by atoms with Gasteiger partial charge in [0.25, 0.3) is 11.6 Å². The Morgan fingerprint density at radius 1 is 0.900 bits per heavy atom. The van der Waals surface area contributed by atoms with E-state index in [2.05, 4.69) is 15.3 Å². The molecule has 1 aromatic heterocycles. The van der Waals surface area contributed by atoms with Crippen LogP contribution in [0.3, 0.4) is 0 Å². The Balaban J connectivity index is 1.51. The first-order valence-electron chi connectivity index (χ1n) is 9.39. The first-order chi connectivity index (χ1) is 14.5. The molecule has 0 saturated heterocycles. The summed E-state index contributed by atoms with van der Waals surface area (Å²) >= 11 is 0. The molecule has 3 aromatic rings. The minimum absolute atomic E-state index is 0.0343. The maximum absolute atomic E-state index is 12.2. The van der Waals surface area contributed by atoms with Crippen molar-refractivity contribution in [2.75, 3.05) is 0 Å². The lowest BCUT2D eigenvalue weighted by atomic mass is 10.1. The van der Waals surface area contributed by atoms with Crippen molar-refractivity contribution in [3.8, 4) is 0 Å². The molecule has 152 valence electrons. The summed E-state index contributed by atoms with van der Waals surface area (Å²) in [6.07, 6.45) is 2.81. The molecule has 0 radical (unpaired) electrons. The lowest BCUT2D eigenvalue weighted by Crippen LogP contribution is -2.31. The van der Waals surface area contributed by atoms with E-state index in [0.29, 0.717) is 17.7 Å². The van der Waals surface area contributed by atoms with Crippen LogP contribution in [0.25, 0.3) is 0 Å². The number of non-ortho nitro benzene ring substituents is 1. The maximum atomic E-state index is 12.2. The minimum atomic E-state index is -0.724. The number of aromatic nitrogens is 2. The summed E-state index contributed by atoms with van der Waals surface area (Å²) in [5, 5.41) is 13.2. The first-order valence-corrected chi connectivity index (χ1v) is 9.39. The molecule has 0 saturated carbocycles. The third-order valence-corrected chi connectivity index (χ3v) is 4.49. The van der Waals surface area contributed by atoms with Crippen LogP contribution < -0.4 is 5.32 Å². The highest BCUT2D eigenvalue weighted by molar-refractivity contribution is 6.36. The highest BCUT2D eigenvalue weighted by Gasteiger charge is 2.15. The van der Waals surface area contributed by atoms with Gasteiger partial charge >= 0.3 is 0 Å². The number of ketones is 1. The van der Waals surface area contributed by atoms with E-state index in [4.69, 9.17) is 0 Å². The van der Waals surface area contributed by atoms with Gasteiger partial charge in [0.2, 0.25) is 5.78 Å². The highest BCUT2D eigenvalue weighted by Crippen LogP contribution is 2.12. The molecule has 0 spiro atoms. The van der Waals surface area contributed by atoms with Gasteiger partial charge in [-0.25, -0.2) is 9.97 Å². The number of carbonyl (C=O) groups is 2. The van der Waals surface area contributed by atoms with Crippen LogP contribution in [0.1, 0.15) is 22.5 Å². The van der Waals surface area contributed by atoms with E-state index in [9.17, 15) is 19.7 Å². The summed E-state index contributed by atoms with van der Waals surface area (Å²) in [6, 6.07) is 17.5. The molecule has 8 nitrogen and oxygen atoms in total. The van der Waals surface area contributed by atoms with Gasteiger partial charge in [0.05, 0.1) is 17.0 Å². The Kier molecular flexibility index (Phi) is 6.94. The molecule has 3 rings (SSSR count). The van der Waals surface area contributed by atoms with E-state index in [1.807, 2.05) is 30.3 Å². The number of nitrogens with one attached hydrogen (secondary N) is 1. The van der Waals surface area contributed by atoms with E-state index in [-0.39, 0.29) is 18.7 Å². The predicted octanol–water partition coefficient (Wildman–Crippen LogP) is 2.60. The number of amides is 1. The first kappa shape index (κ1) is 20.8. The monoisotopic (exact) mass is 404 g/mol. The molecule has 30 heavy (non-hydrogen) atoms. The number of nitro groups is 1. The average molecular weight is 404 g/mol. The number of aryl methyl sites for hydroxylation is 2. The van der Waals surface area contributed by atoms with Gasteiger partial charge in [-0.15, -0.1) is 0 Å². The molecule has 1 amide bonds.